The Morgan fingerprint density at radius 1 is 1.03 bits per heavy atom. The van der Waals surface area contributed by atoms with Gasteiger partial charge in [0, 0.05) is 18.5 Å². The molecule has 1 fully saturated rings. The molecule has 2 aliphatic rings. The van der Waals surface area contributed by atoms with Gasteiger partial charge in [0.05, 0.1) is 10.6 Å². The van der Waals surface area contributed by atoms with Gasteiger partial charge >= 0.3 is 5.97 Å². The van der Waals surface area contributed by atoms with Crippen molar-refractivity contribution < 1.29 is 24.2 Å². The fourth-order valence-corrected chi connectivity index (χ4v) is 5.74. The number of rotatable bonds is 8. The Kier molecular flexibility index (Phi) is 7.73. The van der Waals surface area contributed by atoms with Crippen molar-refractivity contribution in [1.82, 2.24) is 4.90 Å². The van der Waals surface area contributed by atoms with Gasteiger partial charge < -0.3 is 19.5 Å². The number of fused-ring (bicyclic) bond motifs is 1. The highest BCUT2D eigenvalue weighted by atomic mass is 35.5. The first-order valence-electron chi connectivity index (χ1n) is 13.1. The highest BCUT2D eigenvalue weighted by Crippen LogP contribution is 2.41. The lowest BCUT2D eigenvalue weighted by Gasteiger charge is -2.39. The summed E-state index contributed by atoms with van der Waals surface area (Å²) in [5.41, 5.74) is 2.83. The minimum atomic E-state index is -1.07. The number of ether oxygens (including phenoxy) is 2. The van der Waals surface area contributed by atoms with Gasteiger partial charge in [-0.15, -0.1) is 0 Å². The van der Waals surface area contributed by atoms with Crippen LogP contribution in [0.3, 0.4) is 0 Å². The number of amides is 1. The first-order valence-corrected chi connectivity index (χ1v) is 13.5. The summed E-state index contributed by atoms with van der Waals surface area (Å²) in [6.07, 6.45) is 3.05. The van der Waals surface area contributed by atoms with E-state index < -0.39 is 23.7 Å². The maximum Gasteiger partial charge on any atom is 0.326 e. The number of benzene rings is 3. The van der Waals surface area contributed by atoms with E-state index in [1.807, 2.05) is 73.7 Å². The molecule has 5 rings (SSSR count). The fraction of sp³-hybridized carbons (Fsp3) is 0.355. The van der Waals surface area contributed by atoms with Crippen LogP contribution in [0.1, 0.15) is 61.0 Å². The van der Waals surface area contributed by atoms with Crippen LogP contribution in [0.4, 0.5) is 0 Å². The van der Waals surface area contributed by atoms with E-state index in [2.05, 4.69) is 0 Å². The molecule has 1 heterocycles. The van der Waals surface area contributed by atoms with Crippen molar-refractivity contribution in [2.75, 3.05) is 0 Å². The number of carbonyl (C=O) groups excluding carboxylic acids is 1. The van der Waals surface area contributed by atoms with Crippen molar-refractivity contribution in [2.24, 2.45) is 0 Å². The van der Waals surface area contributed by atoms with Crippen LogP contribution in [0.5, 0.6) is 5.75 Å². The average Bonchev–Trinajstić information content (AvgIpc) is 3.37. The Morgan fingerprint density at radius 2 is 1.68 bits per heavy atom. The van der Waals surface area contributed by atoms with Gasteiger partial charge in [-0.05, 0) is 42.5 Å². The summed E-state index contributed by atoms with van der Waals surface area (Å²) < 4.78 is 12.6. The van der Waals surface area contributed by atoms with E-state index in [1.165, 1.54) is 4.90 Å². The molecule has 0 bridgehead atoms. The van der Waals surface area contributed by atoms with E-state index >= 15 is 0 Å². The van der Waals surface area contributed by atoms with Gasteiger partial charge in [-0.3, -0.25) is 4.79 Å². The minimum Gasteiger partial charge on any atom is -0.487 e. The lowest BCUT2D eigenvalue weighted by molar-refractivity contribution is -0.166. The van der Waals surface area contributed by atoms with Crippen LogP contribution in [-0.2, 0) is 33.9 Å². The molecule has 2 atom stereocenters. The summed E-state index contributed by atoms with van der Waals surface area (Å²) in [5, 5.41) is 10.6. The number of nitrogens with zero attached hydrogens (tertiary/aromatic N) is 1. The van der Waals surface area contributed by atoms with Gasteiger partial charge in [0.25, 0.3) is 5.91 Å². The van der Waals surface area contributed by atoms with E-state index in [0.29, 0.717) is 17.4 Å². The Balaban J connectivity index is 1.46. The highest BCUT2D eigenvalue weighted by Gasteiger charge is 2.42. The molecule has 38 heavy (non-hydrogen) atoms. The van der Waals surface area contributed by atoms with Crippen LogP contribution in [0.15, 0.2) is 72.8 Å². The standard InChI is InChI=1S/C31H32ClNO5/c1-31(16-8-9-17-31)38-27(22-12-6-3-7-13-22)29(34)33-19-23-14-15-25(32)28(24(23)18-26(33)30(35)36)37-20-21-10-4-2-5-11-21/h2-7,10-15,26-27H,8-9,16-20H2,1H3,(H,35,36)/t26-,27-/m0/s1. The van der Waals surface area contributed by atoms with Crippen LogP contribution >= 0.6 is 11.6 Å². The third kappa shape index (κ3) is 5.57. The molecular weight excluding hydrogens is 502 g/mol. The van der Waals surface area contributed by atoms with Crippen LogP contribution < -0.4 is 4.74 Å². The zero-order valence-corrected chi connectivity index (χ0v) is 22.2. The molecule has 1 N–H and O–H groups in total. The lowest BCUT2D eigenvalue weighted by atomic mass is 9.91. The third-order valence-electron chi connectivity index (χ3n) is 7.61. The molecule has 0 unspecified atom stereocenters. The predicted octanol–water partition coefficient (Wildman–Crippen LogP) is 6.35. The second kappa shape index (κ2) is 11.2. The molecule has 3 aromatic rings. The molecule has 6 nitrogen and oxygen atoms in total. The van der Waals surface area contributed by atoms with Gasteiger partial charge in [-0.1, -0.05) is 91.2 Å². The monoisotopic (exact) mass is 533 g/mol. The largest absolute Gasteiger partial charge is 0.487 e. The van der Waals surface area contributed by atoms with E-state index in [0.717, 1.165) is 47.9 Å². The Labute approximate surface area is 228 Å². The van der Waals surface area contributed by atoms with Crippen molar-refractivity contribution in [3.8, 4) is 5.75 Å². The second-order valence-electron chi connectivity index (χ2n) is 10.4. The van der Waals surface area contributed by atoms with Crippen LogP contribution in [0, 0.1) is 0 Å². The topological polar surface area (TPSA) is 76.1 Å². The van der Waals surface area contributed by atoms with Crippen LogP contribution in [0.2, 0.25) is 5.02 Å². The van der Waals surface area contributed by atoms with E-state index in [1.54, 1.807) is 6.07 Å². The first-order chi connectivity index (χ1) is 18.3. The van der Waals surface area contributed by atoms with E-state index in [-0.39, 0.29) is 18.9 Å². The Bertz CT molecular complexity index is 1290. The maximum absolute atomic E-state index is 14.1. The summed E-state index contributed by atoms with van der Waals surface area (Å²) in [6, 6.07) is 21.6. The second-order valence-corrected chi connectivity index (χ2v) is 10.8. The van der Waals surface area contributed by atoms with Crippen molar-refractivity contribution in [1.29, 1.82) is 0 Å². The molecule has 0 aromatic heterocycles. The molecule has 1 amide bonds. The number of aliphatic carboxylic acids is 1. The number of halogens is 1. The highest BCUT2D eigenvalue weighted by molar-refractivity contribution is 6.32. The minimum absolute atomic E-state index is 0.0971. The molecule has 1 aliphatic carbocycles. The Morgan fingerprint density at radius 3 is 2.34 bits per heavy atom. The van der Waals surface area contributed by atoms with E-state index in [4.69, 9.17) is 21.1 Å². The molecule has 3 aromatic carbocycles. The van der Waals surface area contributed by atoms with Gasteiger partial charge in [-0.2, -0.15) is 0 Å². The summed E-state index contributed by atoms with van der Waals surface area (Å²) in [4.78, 5) is 28.0. The molecular formula is C31H32ClNO5. The van der Waals surface area contributed by atoms with Crippen molar-refractivity contribution in [2.45, 2.75) is 69.9 Å². The molecule has 7 heteroatoms. The first kappa shape index (κ1) is 26.3. The lowest BCUT2D eigenvalue weighted by Crippen LogP contribution is -2.51. The average molecular weight is 534 g/mol. The van der Waals surface area contributed by atoms with Crippen molar-refractivity contribution in [3.05, 3.63) is 100 Å². The van der Waals surface area contributed by atoms with Gasteiger partial charge in [-0.25, -0.2) is 4.79 Å². The fourth-order valence-electron chi connectivity index (χ4n) is 5.51. The third-order valence-corrected chi connectivity index (χ3v) is 7.91. The van der Waals surface area contributed by atoms with Crippen LogP contribution in [-0.4, -0.2) is 33.5 Å². The number of carbonyl (C=O) groups is 2. The summed E-state index contributed by atoms with van der Waals surface area (Å²) >= 11 is 6.52. The van der Waals surface area contributed by atoms with E-state index in [9.17, 15) is 14.7 Å². The number of carboxylic acids is 1. The number of hydrogen-bond donors (Lipinski definition) is 1. The SMILES string of the molecule is CC1(O[C@H](C(=O)N2Cc3ccc(Cl)c(OCc4ccccc4)c3C[C@H]2C(=O)O)c2ccccc2)CCCC1. The molecule has 0 saturated heterocycles. The molecule has 0 radical (unpaired) electrons. The smallest absolute Gasteiger partial charge is 0.326 e. The summed E-state index contributed by atoms with van der Waals surface area (Å²) in [5.74, 6) is -0.943. The van der Waals surface area contributed by atoms with Crippen molar-refractivity contribution in [3.63, 3.8) is 0 Å². The number of carboxylic acid groups (broad SMARTS) is 1. The zero-order chi connectivity index (χ0) is 26.7. The van der Waals surface area contributed by atoms with Gasteiger partial charge in [0.15, 0.2) is 6.10 Å². The van der Waals surface area contributed by atoms with Gasteiger partial charge in [0.2, 0.25) is 0 Å². The quantitative estimate of drug-likeness (QED) is 0.365. The molecule has 0 spiro atoms. The molecule has 1 saturated carbocycles. The predicted molar refractivity (Wildman–Crippen MR) is 145 cm³/mol. The summed E-state index contributed by atoms with van der Waals surface area (Å²) in [7, 11) is 0. The summed E-state index contributed by atoms with van der Waals surface area (Å²) in [6.45, 7) is 2.48. The van der Waals surface area contributed by atoms with Gasteiger partial charge in [0.1, 0.15) is 18.4 Å². The number of hydrogen-bond acceptors (Lipinski definition) is 4. The Hall–Kier alpha value is -3.35. The molecule has 1 aliphatic heterocycles. The zero-order valence-electron chi connectivity index (χ0n) is 21.4. The maximum atomic E-state index is 14.1. The van der Waals surface area contributed by atoms with Crippen molar-refractivity contribution >= 4 is 23.5 Å². The molecule has 198 valence electrons. The normalized spacial score (nSPS) is 19.0. The van der Waals surface area contributed by atoms with Crippen LogP contribution in [0.25, 0.3) is 0 Å².